The molecule has 2 aromatic rings. The lowest BCUT2D eigenvalue weighted by Gasteiger charge is -2.24. The lowest BCUT2D eigenvalue weighted by atomic mass is 9.99. The van der Waals surface area contributed by atoms with Gasteiger partial charge in [0.2, 0.25) is 5.91 Å². The molecule has 0 unspecified atom stereocenters. The highest BCUT2D eigenvalue weighted by molar-refractivity contribution is 5.85. The zero-order chi connectivity index (χ0) is 17.4. The van der Waals surface area contributed by atoms with E-state index >= 15 is 0 Å². The Balaban J connectivity index is 0.00000312. The molecule has 0 aromatic heterocycles. The molecule has 3 N–H and O–H groups in total. The molecule has 0 radical (unpaired) electrons. The molecule has 0 fully saturated rings. The van der Waals surface area contributed by atoms with Crippen molar-refractivity contribution in [2.45, 2.75) is 25.4 Å². The van der Waals surface area contributed by atoms with Crippen LogP contribution in [0, 0.1) is 0 Å². The van der Waals surface area contributed by atoms with Gasteiger partial charge < -0.3 is 10.5 Å². The van der Waals surface area contributed by atoms with Crippen LogP contribution in [-0.2, 0) is 14.3 Å². The van der Waals surface area contributed by atoms with Crippen molar-refractivity contribution in [1.29, 1.82) is 0 Å². The van der Waals surface area contributed by atoms with E-state index in [0.717, 1.165) is 11.1 Å². The molecule has 2 atom stereocenters. The second-order valence-corrected chi connectivity index (χ2v) is 5.39. The van der Waals surface area contributed by atoms with Gasteiger partial charge in [0.25, 0.3) is 0 Å². The zero-order valence-electron chi connectivity index (χ0n) is 14.1. The summed E-state index contributed by atoms with van der Waals surface area (Å²) >= 11 is 0. The van der Waals surface area contributed by atoms with Crippen molar-refractivity contribution in [2.75, 3.05) is 6.61 Å². The number of amides is 1. The monoisotopic (exact) mass is 362 g/mol. The van der Waals surface area contributed by atoms with Crippen molar-refractivity contribution >= 4 is 24.3 Å². The van der Waals surface area contributed by atoms with E-state index in [9.17, 15) is 9.59 Å². The van der Waals surface area contributed by atoms with Gasteiger partial charge in [-0.3, -0.25) is 14.9 Å². The number of carbonyl (C=O) groups excluding carboxylic acids is 2. The number of nitrogens with two attached hydrogens (primary N) is 1. The van der Waals surface area contributed by atoms with Gasteiger partial charge in [-0.25, -0.2) is 0 Å². The van der Waals surface area contributed by atoms with Gasteiger partial charge in [-0.2, -0.15) is 0 Å². The van der Waals surface area contributed by atoms with Gasteiger partial charge >= 0.3 is 5.97 Å². The maximum atomic E-state index is 11.9. The van der Waals surface area contributed by atoms with Gasteiger partial charge in [0.15, 0.2) is 0 Å². The second-order valence-electron chi connectivity index (χ2n) is 5.39. The summed E-state index contributed by atoms with van der Waals surface area (Å²) in [6.07, 6.45) is 0.120. The number of carbonyl (C=O) groups is 2. The van der Waals surface area contributed by atoms with E-state index in [1.165, 1.54) is 0 Å². The van der Waals surface area contributed by atoms with E-state index < -0.39 is 11.9 Å². The number of rotatable bonds is 8. The van der Waals surface area contributed by atoms with Crippen LogP contribution in [0.2, 0.25) is 0 Å². The van der Waals surface area contributed by atoms with Crippen molar-refractivity contribution in [3.05, 3.63) is 71.8 Å². The number of ether oxygens (including phenoxy) is 1. The van der Waals surface area contributed by atoms with Crippen LogP contribution >= 0.6 is 12.4 Å². The Hall–Kier alpha value is -2.37. The second kappa shape index (κ2) is 10.5. The molecule has 0 aliphatic heterocycles. The standard InChI is InChI=1S/C19H22N2O3.ClH/c1-2-24-17(22)13-16(14-9-5-3-6-10-14)21-18(19(20)23)15-11-7-4-8-12-15;/h3-12,16,18,21H,2,13H2,1H3,(H2,20,23);1H/t16-,18-;/m1./s1. The molecular formula is C19H23ClN2O3. The number of hydrogen-bond donors (Lipinski definition) is 2. The molecule has 0 spiro atoms. The average Bonchev–Trinajstić information content (AvgIpc) is 2.60. The lowest BCUT2D eigenvalue weighted by Crippen LogP contribution is -2.37. The Morgan fingerprint density at radius 1 is 1.00 bits per heavy atom. The zero-order valence-corrected chi connectivity index (χ0v) is 14.9. The first-order chi connectivity index (χ1) is 11.6. The smallest absolute Gasteiger partial charge is 0.307 e. The molecule has 6 heteroatoms. The molecule has 25 heavy (non-hydrogen) atoms. The molecule has 0 saturated heterocycles. The summed E-state index contributed by atoms with van der Waals surface area (Å²) in [7, 11) is 0. The number of hydrogen-bond acceptors (Lipinski definition) is 4. The summed E-state index contributed by atoms with van der Waals surface area (Å²) in [5.74, 6) is -0.818. The topological polar surface area (TPSA) is 81.4 Å². The minimum atomic E-state index is -0.689. The molecule has 2 aromatic carbocycles. The molecule has 0 saturated carbocycles. The summed E-state index contributed by atoms with van der Waals surface area (Å²) in [5.41, 5.74) is 7.22. The molecule has 1 amide bonds. The van der Waals surface area contributed by atoms with Crippen LogP contribution in [0.3, 0.4) is 0 Å². The summed E-state index contributed by atoms with van der Waals surface area (Å²) in [4.78, 5) is 23.9. The first-order valence-electron chi connectivity index (χ1n) is 7.92. The highest BCUT2D eigenvalue weighted by Gasteiger charge is 2.24. The molecule has 134 valence electrons. The van der Waals surface area contributed by atoms with Gasteiger partial charge in [0, 0.05) is 6.04 Å². The summed E-state index contributed by atoms with van der Waals surface area (Å²) in [6.45, 7) is 2.08. The first-order valence-corrected chi connectivity index (χ1v) is 7.92. The number of halogens is 1. The van der Waals surface area contributed by atoms with Crippen molar-refractivity contribution in [3.8, 4) is 0 Å². The Bertz CT molecular complexity index is 665. The Labute approximate surface area is 154 Å². The number of primary amides is 1. The van der Waals surface area contributed by atoms with Crippen LogP contribution in [0.5, 0.6) is 0 Å². The van der Waals surface area contributed by atoms with Gasteiger partial charge in [0.1, 0.15) is 6.04 Å². The Morgan fingerprint density at radius 2 is 1.52 bits per heavy atom. The maximum absolute atomic E-state index is 11.9. The molecule has 2 rings (SSSR count). The van der Waals surface area contributed by atoms with Crippen molar-refractivity contribution in [1.82, 2.24) is 5.32 Å². The third-order valence-electron chi connectivity index (χ3n) is 3.66. The van der Waals surface area contributed by atoms with Crippen LogP contribution in [0.15, 0.2) is 60.7 Å². The Morgan fingerprint density at radius 3 is 2.00 bits per heavy atom. The molecule has 0 bridgehead atoms. The Kier molecular flexibility index (Phi) is 8.67. The lowest BCUT2D eigenvalue weighted by molar-refractivity contribution is -0.144. The van der Waals surface area contributed by atoms with E-state index in [-0.39, 0.29) is 30.8 Å². The average molecular weight is 363 g/mol. The van der Waals surface area contributed by atoms with E-state index in [1.807, 2.05) is 60.7 Å². The largest absolute Gasteiger partial charge is 0.466 e. The minimum Gasteiger partial charge on any atom is -0.466 e. The van der Waals surface area contributed by atoms with Crippen LogP contribution in [0.4, 0.5) is 0 Å². The summed E-state index contributed by atoms with van der Waals surface area (Å²) in [6, 6.07) is 17.6. The third kappa shape index (κ3) is 6.21. The normalized spacial score (nSPS) is 12.5. The van der Waals surface area contributed by atoms with Crippen LogP contribution in [0.25, 0.3) is 0 Å². The number of benzene rings is 2. The molecule has 0 aliphatic carbocycles. The van der Waals surface area contributed by atoms with E-state index in [1.54, 1.807) is 6.92 Å². The molecular weight excluding hydrogens is 340 g/mol. The fourth-order valence-electron chi connectivity index (χ4n) is 2.53. The predicted octanol–water partition coefficient (Wildman–Crippen LogP) is 2.92. The number of nitrogens with one attached hydrogen (secondary N) is 1. The minimum absolute atomic E-state index is 0. The highest BCUT2D eigenvalue weighted by atomic mass is 35.5. The van der Waals surface area contributed by atoms with Gasteiger partial charge in [0.05, 0.1) is 13.0 Å². The van der Waals surface area contributed by atoms with E-state index in [2.05, 4.69) is 5.32 Å². The van der Waals surface area contributed by atoms with Crippen LogP contribution < -0.4 is 11.1 Å². The first kappa shape index (κ1) is 20.7. The van der Waals surface area contributed by atoms with Gasteiger partial charge in [-0.05, 0) is 18.1 Å². The fourth-order valence-corrected chi connectivity index (χ4v) is 2.53. The molecule has 0 heterocycles. The molecule has 0 aliphatic rings. The van der Waals surface area contributed by atoms with Crippen LogP contribution in [-0.4, -0.2) is 18.5 Å². The number of esters is 1. The van der Waals surface area contributed by atoms with Crippen molar-refractivity contribution in [2.24, 2.45) is 5.73 Å². The van der Waals surface area contributed by atoms with Crippen molar-refractivity contribution < 1.29 is 14.3 Å². The van der Waals surface area contributed by atoms with Crippen molar-refractivity contribution in [3.63, 3.8) is 0 Å². The molecule has 5 nitrogen and oxygen atoms in total. The quantitative estimate of drug-likeness (QED) is 0.707. The summed E-state index contributed by atoms with van der Waals surface area (Å²) < 4.78 is 5.05. The third-order valence-corrected chi connectivity index (χ3v) is 3.66. The highest BCUT2D eigenvalue weighted by Crippen LogP contribution is 2.23. The SMILES string of the molecule is CCOC(=O)C[C@@H](N[C@@H](C(N)=O)c1ccccc1)c1ccccc1.Cl. The van der Waals surface area contributed by atoms with E-state index in [0.29, 0.717) is 6.61 Å². The van der Waals surface area contributed by atoms with Gasteiger partial charge in [-0.1, -0.05) is 60.7 Å². The maximum Gasteiger partial charge on any atom is 0.307 e. The summed E-state index contributed by atoms with van der Waals surface area (Å²) in [5, 5.41) is 3.20. The predicted molar refractivity (Wildman–Crippen MR) is 99.2 cm³/mol. The van der Waals surface area contributed by atoms with E-state index in [4.69, 9.17) is 10.5 Å². The fraction of sp³-hybridized carbons (Fsp3) is 0.263. The van der Waals surface area contributed by atoms with Crippen LogP contribution in [0.1, 0.15) is 36.6 Å². The van der Waals surface area contributed by atoms with Gasteiger partial charge in [-0.15, -0.1) is 12.4 Å².